The molecule has 0 aromatic heterocycles. The average Bonchev–Trinajstić information content (AvgIpc) is 2.59. The highest BCUT2D eigenvalue weighted by atomic mass is 16.6. The maximum absolute atomic E-state index is 11.9. The molecule has 0 aliphatic carbocycles. The van der Waals surface area contributed by atoms with Crippen molar-refractivity contribution in [2.75, 3.05) is 19.8 Å². The molecule has 7 nitrogen and oxygen atoms in total. The maximum Gasteiger partial charge on any atom is 0.310 e. The van der Waals surface area contributed by atoms with Gasteiger partial charge in [0.2, 0.25) is 0 Å². The van der Waals surface area contributed by atoms with Crippen LogP contribution in [0.2, 0.25) is 0 Å². The molecule has 1 aromatic carbocycles. The number of esters is 1. The molecular formula is C18H22N2O5. The summed E-state index contributed by atoms with van der Waals surface area (Å²) in [4.78, 5) is 23.8. The van der Waals surface area contributed by atoms with Gasteiger partial charge in [-0.05, 0) is 30.5 Å². The number of nitriles is 1. The highest BCUT2D eigenvalue weighted by Gasteiger charge is 2.30. The van der Waals surface area contributed by atoms with E-state index in [1.54, 1.807) is 25.1 Å². The molecule has 7 heteroatoms. The normalized spacial score (nSPS) is 15.0. The third kappa shape index (κ3) is 4.86. The van der Waals surface area contributed by atoms with E-state index in [1.807, 2.05) is 13.8 Å². The SMILES string of the molecule is CC(C)[C@](C)(C#N)NC(=O)COC(=O)Cc1ccc2c(c1)OCCO2. The van der Waals surface area contributed by atoms with E-state index in [9.17, 15) is 14.9 Å². The highest BCUT2D eigenvalue weighted by molar-refractivity contribution is 5.82. The third-order valence-corrected chi connectivity index (χ3v) is 4.11. The monoisotopic (exact) mass is 346 g/mol. The lowest BCUT2D eigenvalue weighted by atomic mass is 9.90. The van der Waals surface area contributed by atoms with Crippen molar-refractivity contribution in [3.8, 4) is 17.6 Å². The molecule has 0 radical (unpaired) electrons. The maximum atomic E-state index is 11.9. The lowest BCUT2D eigenvalue weighted by molar-refractivity contribution is -0.148. The van der Waals surface area contributed by atoms with Gasteiger partial charge in [0.1, 0.15) is 18.8 Å². The zero-order valence-electron chi connectivity index (χ0n) is 14.6. The molecule has 1 N–H and O–H groups in total. The van der Waals surface area contributed by atoms with Gasteiger partial charge in [-0.1, -0.05) is 19.9 Å². The van der Waals surface area contributed by atoms with Crippen LogP contribution in [0.25, 0.3) is 0 Å². The van der Waals surface area contributed by atoms with Crippen LogP contribution in [-0.2, 0) is 20.7 Å². The van der Waals surface area contributed by atoms with E-state index in [1.165, 1.54) is 0 Å². The van der Waals surface area contributed by atoms with Gasteiger partial charge in [0.15, 0.2) is 18.1 Å². The fraction of sp³-hybridized carbons (Fsp3) is 0.500. The van der Waals surface area contributed by atoms with E-state index in [2.05, 4.69) is 11.4 Å². The number of rotatable bonds is 6. The third-order valence-electron chi connectivity index (χ3n) is 4.11. The molecule has 134 valence electrons. The minimum absolute atomic E-state index is 0.0175. The van der Waals surface area contributed by atoms with Gasteiger partial charge in [0.05, 0.1) is 12.5 Å². The number of amides is 1. The minimum atomic E-state index is -1.00. The van der Waals surface area contributed by atoms with Gasteiger partial charge >= 0.3 is 5.97 Å². The first-order valence-electron chi connectivity index (χ1n) is 8.10. The summed E-state index contributed by atoms with van der Waals surface area (Å²) in [5.41, 5.74) is -0.294. The molecule has 25 heavy (non-hydrogen) atoms. The molecule has 0 bridgehead atoms. The van der Waals surface area contributed by atoms with Crippen molar-refractivity contribution in [3.05, 3.63) is 23.8 Å². The Bertz CT molecular complexity index is 695. The molecule has 1 aliphatic rings. The molecule has 0 saturated heterocycles. The number of nitrogens with zero attached hydrogens (tertiary/aromatic N) is 1. The molecule has 1 amide bonds. The van der Waals surface area contributed by atoms with E-state index in [-0.39, 0.29) is 12.3 Å². The van der Waals surface area contributed by atoms with E-state index >= 15 is 0 Å². The lowest BCUT2D eigenvalue weighted by Crippen LogP contribution is -2.50. The number of fused-ring (bicyclic) bond motifs is 1. The molecule has 2 rings (SSSR count). The molecule has 1 aromatic rings. The fourth-order valence-corrected chi connectivity index (χ4v) is 2.19. The number of hydrogen-bond donors (Lipinski definition) is 1. The molecule has 1 aliphatic heterocycles. The molecule has 0 spiro atoms. The Morgan fingerprint density at radius 2 is 2.00 bits per heavy atom. The van der Waals surface area contributed by atoms with Gasteiger partial charge in [-0.2, -0.15) is 5.26 Å². The summed E-state index contributed by atoms with van der Waals surface area (Å²) in [5, 5.41) is 11.8. The van der Waals surface area contributed by atoms with Crippen molar-refractivity contribution < 1.29 is 23.8 Å². The Hall–Kier alpha value is -2.75. The quantitative estimate of drug-likeness (QED) is 0.786. The van der Waals surface area contributed by atoms with Crippen LogP contribution in [0.3, 0.4) is 0 Å². The number of ether oxygens (including phenoxy) is 3. The van der Waals surface area contributed by atoms with Crippen LogP contribution in [0, 0.1) is 17.2 Å². The van der Waals surface area contributed by atoms with Crippen molar-refractivity contribution in [3.63, 3.8) is 0 Å². The molecule has 0 fully saturated rings. The van der Waals surface area contributed by atoms with Crippen LogP contribution in [-0.4, -0.2) is 37.2 Å². The second-order valence-electron chi connectivity index (χ2n) is 6.33. The highest BCUT2D eigenvalue weighted by Crippen LogP contribution is 2.30. The summed E-state index contributed by atoms with van der Waals surface area (Å²) in [5.74, 6) is 0.126. The van der Waals surface area contributed by atoms with Crippen LogP contribution < -0.4 is 14.8 Å². The van der Waals surface area contributed by atoms with Crippen LogP contribution in [0.4, 0.5) is 0 Å². The molecule has 1 atom stereocenters. The zero-order valence-corrected chi connectivity index (χ0v) is 14.6. The van der Waals surface area contributed by atoms with E-state index in [0.29, 0.717) is 30.3 Å². The largest absolute Gasteiger partial charge is 0.486 e. The molecule has 0 unspecified atom stereocenters. The Balaban J connectivity index is 1.85. The zero-order chi connectivity index (χ0) is 18.4. The summed E-state index contributed by atoms with van der Waals surface area (Å²) in [6.07, 6.45) is 0.0175. The first kappa shape index (κ1) is 18.6. The van der Waals surface area contributed by atoms with Crippen LogP contribution in [0.15, 0.2) is 18.2 Å². The Morgan fingerprint density at radius 3 is 2.64 bits per heavy atom. The van der Waals surface area contributed by atoms with Gasteiger partial charge in [-0.25, -0.2) is 0 Å². The van der Waals surface area contributed by atoms with E-state index < -0.39 is 24.0 Å². The second-order valence-corrected chi connectivity index (χ2v) is 6.33. The Labute approximate surface area is 146 Å². The summed E-state index contributed by atoms with van der Waals surface area (Å²) in [7, 11) is 0. The van der Waals surface area contributed by atoms with Crippen molar-refractivity contribution in [2.45, 2.75) is 32.7 Å². The molecular weight excluding hydrogens is 324 g/mol. The standard InChI is InChI=1S/C18H22N2O5/c1-12(2)18(3,11-19)20-16(21)10-25-17(22)9-13-4-5-14-15(8-13)24-7-6-23-14/h4-5,8,12H,6-7,9-10H2,1-3H3,(H,20,21)/t18-/m0/s1. The number of nitrogens with one attached hydrogen (secondary N) is 1. The van der Waals surface area contributed by atoms with Crippen LogP contribution in [0.1, 0.15) is 26.3 Å². The average molecular weight is 346 g/mol. The Kier molecular flexibility index (Phi) is 5.86. The lowest BCUT2D eigenvalue weighted by Gasteiger charge is -2.27. The first-order chi connectivity index (χ1) is 11.8. The van der Waals surface area contributed by atoms with E-state index in [0.717, 1.165) is 0 Å². The number of benzene rings is 1. The van der Waals surface area contributed by atoms with Crippen LogP contribution >= 0.6 is 0 Å². The van der Waals surface area contributed by atoms with Crippen molar-refractivity contribution in [1.29, 1.82) is 5.26 Å². The smallest absolute Gasteiger partial charge is 0.310 e. The van der Waals surface area contributed by atoms with Gasteiger partial charge in [0, 0.05) is 0 Å². The predicted octanol–water partition coefficient (Wildman–Crippen LogP) is 1.60. The first-order valence-corrected chi connectivity index (χ1v) is 8.10. The molecule has 0 saturated carbocycles. The number of hydrogen-bond acceptors (Lipinski definition) is 6. The Morgan fingerprint density at radius 1 is 1.32 bits per heavy atom. The van der Waals surface area contributed by atoms with Gasteiger partial charge < -0.3 is 19.5 Å². The molecule has 1 heterocycles. The van der Waals surface area contributed by atoms with Gasteiger partial charge in [0.25, 0.3) is 5.91 Å². The summed E-state index contributed by atoms with van der Waals surface area (Å²) >= 11 is 0. The summed E-state index contributed by atoms with van der Waals surface area (Å²) < 4.78 is 15.9. The predicted molar refractivity (Wildman–Crippen MR) is 89.1 cm³/mol. The minimum Gasteiger partial charge on any atom is -0.486 e. The van der Waals surface area contributed by atoms with Crippen LogP contribution in [0.5, 0.6) is 11.5 Å². The summed E-state index contributed by atoms with van der Waals surface area (Å²) in [6, 6.07) is 7.28. The fourth-order valence-electron chi connectivity index (χ4n) is 2.19. The van der Waals surface area contributed by atoms with Crippen molar-refractivity contribution in [2.24, 2.45) is 5.92 Å². The number of carbonyl (C=O) groups is 2. The van der Waals surface area contributed by atoms with Crippen molar-refractivity contribution >= 4 is 11.9 Å². The van der Waals surface area contributed by atoms with Gasteiger partial charge in [-0.15, -0.1) is 0 Å². The van der Waals surface area contributed by atoms with Crippen molar-refractivity contribution in [1.82, 2.24) is 5.32 Å². The van der Waals surface area contributed by atoms with Gasteiger partial charge in [-0.3, -0.25) is 9.59 Å². The topological polar surface area (TPSA) is 97.7 Å². The summed E-state index contributed by atoms with van der Waals surface area (Å²) in [6.45, 7) is 5.84. The van der Waals surface area contributed by atoms with E-state index in [4.69, 9.17) is 14.2 Å². The number of carbonyl (C=O) groups excluding carboxylic acids is 2. The second kappa shape index (κ2) is 7.88.